The molecule has 0 radical (unpaired) electrons. The Morgan fingerprint density at radius 1 is 1.37 bits per heavy atom. The highest BCUT2D eigenvalue weighted by molar-refractivity contribution is 5.84. The Bertz CT molecular complexity index is 561. The lowest BCUT2D eigenvalue weighted by Gasteiger charge is -2.07. The van der Waals surface area contributed by atoms with Crippen molar-refractivity contribution in [3.63, 3.8) is 0 Å². The Morgan fingerprint density at radius 3 is 2.63 bits per heavy atom. The van der Waals surface area contributed by atoms with E-state index in [1.54, 1.807) is 30.3 Å². The molecule has 1 heterocycles. The molecule has 100 valence electrons. The van der Waals surface area contributed by atoms with Gasteiger partial charge in [-0.3, -0.25) is 5.32 Å². The van der Waals surface area contributed by atoms with E-state index >= 15 is 0 Å². The molecule has 1 aromatic carbocycles. The molecule has 2 aromatic rings. The molecule has 0 unspecified atom stereocenters. The maximum Gasteiger partial charge on any atom is 0.419 e. The highest BCUT2D eigenvalue weighted by Crippen LogP contribution is 2.25. The molecule has 5 nitrogen and oxygen atoms in total. The van der Waals surface area contributed by atoms with Crippen LogP contribution in [0.4, 0.5) is 15.1 Å². The molecule has 0 saturated heterocycles. The number of para-hydroxylation sites is 1. The molecule has 0 fully saturated rings. The van der Waals surface area contributed by atoms with Gasteiger partial charge in [0.25, 0.3) is 0 Å². The van der Waals surface area contributed by atoms with E-state index in [0.717, 1.165) is 0 Å². The van der Waals surface area contributed by atoms with Gasteiger partial charge in [-0.1, -0.05) is 23.4 Å². The van der Waals surface area contributed by atoms with Gasteiger partial charge in [0.15, 0.2) is 5.67 Å². The number of amides is 1. The normalized spacial score (nSPS) is 11.1. The smallest absolute Gasteiger partial charge is 0.410 e. The van der Waals surface area contributed by atoms with Gasteiger partial charge < -0.3 is 9.26 Å². The number of aromatic nitrogens is 1. The molecule has 6 heteroatoms. The Labute approximate surface area is 109 Å². The summed E-state index contributed by atoms with van der Waals surface area (Å²) in [7, 11) is 0. The van der Waals surface area contributed by atoms with E-state index in [2.05, 4.69) is 10.5 Å². The summed E-state index contributed by atoms with van der Waals surface area (Å²) < 4.78 is 23.3. The van der Waals surface area contributed by atoms with Crippen LogP contribution in [0.1, 0.15) is 19.5 Å². The van der Waals surface area contributed by atoms with Crippen molar-refractivity contribution < 1.29 is 18.4 Å². The van der Waals surface area contributed by atoms with Crippen LogP contribution < -0.4 is 10.1 Å². The van der Waals surface area contributed by atoms with Crippen LogP contribution in [0.5, 0.6) is 5.75 Å². The molecule has 19 heavy (non-hydrogen) atoms. The minimum atomic E-state index is -1.63. The number of halogens is 1. The highest BCUT2D eigenvalue weighted by Gasteiger charge is 2.24. The van der Waals surface area contributed by atoms with Crippen LogP contribution >= 0.6 is 0 Å². The van der Waals surface area contributed by atoms with Crippen LogP contribution in [0, 0.1) is 0 Å². The Kier molecular flexibility index (Phi) is 3.50. The summed E-state index contributed by atoms with van der Waals surface area (Å²) in [6.07, 6.45) is -0.731. The summed E-state index contributed by atoms with van der Waals surface area (Å²) in [6, 6.07) is 9.86. The second-order valence-electron chi connectivity index (χ2n) is 4.38. The van der Waals surface area contributed by atoms with Crippen molar-refractivity contribution in [3.8, 4) is 5.75 Å². The SMILES string of the molecule is CC(C)(F)c1cc(NC(=O)Oc2ccccc2)on1. The number of anilines is 1. The first-order valence-electron chi connectivity index (χ1n) is 5.65. The number of hydrogen-bond acceptors (Lipinski definition) is 4. The van der Waals surface area contributed by atoms with E-state index < -0.39 is 11.8 Å². The lowest BCUT2D eigenvalue weighted by Crippen LogP contribution is -2.16. The summed E-state index contributed by atoms with van der Waals surface area (Å²) in [5, 5.41) is 5.85. The standard InChI is InChI=1S/C13H13FN2O3/c1-13(2,14)10-8-11(19-16-10)15-12(17)18-9-6-4-3-5-7-9/h3-8H,1-2H3,(H,15,17). The maximum atomic E-state index is 13.6. The van der Waals surface area contributed by atoms with E-state index in [1.807, 2.05) is 0 Å². The molecule has 1 amide bonds. The number of nitrogens with zero attached hydrogens (tertiary/aromatic N) is 1. The lowest BCUT2D eigenvalue weighted by molar-refractivity contribution is 0.204. The minimum Gasteiger partial charge on any atom is -0.410 e. The summed E-state index contributed by atoms with van der Waals surface area (Å²) in [5.41, 5.74) is -1.53. The van der Waals surface area contributed by atoms with Gasteiger partial charge in [-0.2, -0.15) is 0 Å². The van der Waals surface area contributed by atoms with Crippen molar-refractivity contribution in [2.75, 3.05) is 5.32 Å². The van der Waals surface area contributed by atoms with E-state index in [0.29, 0.717) is 5.75 Å². The maximum absolute atomic E-state index is 13.6. The van der Waals surface area contributed by atoms with Gasteiger partial charge in [-0.15, -0.1) is 0 Å². The molecule has 1 aromatic heterocycles. The Balaban J connectivity index is 1.98. The van der Waals surface area contributed by atoms with Crippen LogP contribution in [0.25, 0.3) is 0 Å². The third kappa shape index (κ3) is 3.54. The second-order valence-corrected chi connectivity index (χ2v) is 4.38. The van der Waals surface area contributed by atoms with Crippen LogP contribution in [0.15, 0.2) is 40.9 Å². The molecule has 0 spiro atoms. The molecule has 0 aliphatic carbocycles. The average Bonchev–Trinajstić information content (AvgIpc) is 2.78. The molecule has 0 atom stereocenters. The van der Waals surface area contributed by atoms with Gasteiger partial charge in [0.2, 0.25) is 5.88 Å². The zero-order valence-electron chi connectivity index (χ0n) is 10.5. The van der Waals surface area contributed by atoms with E-state index in [4.69, 9.17) is 9.26 Å². The van der Waals surface area contributed by atoms with E-state index in [9.17, 15) is 9.18 Å². The first-order valence-corrected chi connectivity index (χ1v) is 5.65. The molecule has 0 aliphatic heterocycles. The average molecular weight is 264 g/mol. The topological polar surface area (TPSA) is 64.4 Å². The predicted molar refractivity (Wildman–Crippen MR) is 66.7 cm³/mol. The molecule has 0 aliphatic rings. The first kappa shape index (κ1) is 13.1. The van der Waals surface area contributed by atoms with Gasteiger partial charge >= 0.3 is 6.09 Å². The molecule has 0 bridgehead atoms. The quantitative estimate of drug-likeness (QED) is 0.921. The molecular formula is C13H13FN2O3. The van der Waals surface area contributed by atoms with Crippen LogP contribution in [0.2, 0.25) is 0 Å². The van der Waals surface area contributed by atoms with Gasteiger partial charge in [-0.05, 0) is 26.0 Å². The first-order chi connectivity index (χ1) is 8.95. The van der Waals surface area contributed by atoms with Crippen LogP contribution in [-0.2, 0) is 5.67 Å². The van der Waals surface area contributed by atoms with Gasteiger partial charge in [-0.25, -0.2) is 9.18 Å². The van der Waals surface area contributed by atoms with Crippen LogP contribution in [-0.4, -0.2) is 11.2 Å². The van der Waals surface area contributed by atoms with Crippen molar-refractivity contribution in [1.82, 2.24) is 5.16 Å². The predicted octanol–water partition coefficient (Wildman–Crippen LogP) is 3.49. The number of rotatable bonds is 3. The molecule has 0 saturated carbocycles. The summed E-state index contributed by atoms with van der Waals surface area (Å²) in [4.78, 5) is 11.5. The van der Waals surface area contributed by atoms with Crippen molar-refractivity contribution in [3.05, 3.63) is 42.1 Å². The summed E-state index contributed by atoms with van der Waals surface area (Å²) >= 11 is 0. The number of ether oxygens (including phenoxy) is 1. The van der Waals surface area contributed by atoms with Gasteiger partial charge in [0, 0.05) is 6.07 Å². The van der Waals surface area contributed by atoms with Gasteiger partial charge in [0.05, 0.1) is 0 Å². The summed E-state index contributed by atoms with van der Waals surface area (Å²) in [6.45, 7) is 2.69. The van der Waals surface area contributed by atoms with Crippen LogP contribution in [0.3, 0.4) is 0 Å². The third-order valence-corrected chi connectivity index (χ3v) is 2.30. The molecule has 1 N–H and O–H groups in total. The van der Waals surface area contributed by atoms with Crippen molar-refractivity contribution in [1.29, 1.82) is 0 Å². The highest BCUT2D eigenvalue weighted by atomic mass is 19.1. The number of carbonyl (C=O) groups excluding carboxylic acids is 1. The Hall–Kier alpha value is -2.37. The minimum absolute atomic E-state index is 0.0293. The fraction of sp³-hybridized carbons (Fsp3) is 0.231. The zero-order valence-corrected chi connectivity index (χ0v) is 10.5. The lowest BCUT2D eigenvalue weighted by atomic mass is 10.1. The van der Waals surface area contributed by atoms with Crippen molar-refractivity contribution in [2.24, 2.45) is 0 Å². The summed E-state index contributed by atoms with van der Waals surface area (Å²) in [5.74, 6) is 0.423. The van der Waals surface area contributed by atoms with Gasteiger partial charge in [0.1, 0.15) is 11.4 Å². The molecule has 2 rings (SSSR count). The van der Waals surface area contributed by atoms with Crippen molar-refractivity contribution in [2.45, 2.75) is 19.5 Å². The third-order valence-electron chi connectivity index (χ3n) is 2.30. The fourth-order valence-corrected chi connectivity index (χ4v) is 1.34. The monoisotopic (exact) mass is 264 g/mol. The number of benzene rings is 1. The van der Waals surface area contributed by atoms with E-state index in [1.165, 1.54) is 19.9 Å². The Morgan fingerprint density at radius 2 is 2.05 bits per heavy atom. The van der Waals surface area contributed by atoms with Crippen molar-refractivity contribution >= 4 is 12.0 Å². The zero-order chi connectivity index (χ0) is 13.9. The number of alkyl halides is 1. The number of nitrogens with one attached hydrogen (secondary N) is 1. The van der Waals surface area contributed by atoms with E-state index in [-0.39, 0.29) is 11.6 Å². The number of hydrogen-bond donors (Lipinski definition) is 1. The number of carbonyl (C=O) groups is 1. The molecular weight excluding hydrogens is 251 g/mol. The fourth-order valence-electron chi connectivity index (χ4n) is 1.34. The second kappa shape index (κ2) is 5.09. The largest absolute Gasteiger partial charge is 0.419 e.